The van der Waals surface area contributed by atoms with Crippen molar-refractivity contribution < 1.29 is 10.3 Å². The van der Waals surface area contributed by atoms with Gasteiger partial charge in [0.05, 0.1) is 6.42 Å². The minimum Gasteiger partial charge on any atom is -0.280 e. The summed E-state index contributed by atoms with van der Waals surface area (Å²) in [7, 11) is 0. The highest BCUT2D eigenvalue weighted by Crippen LogP contribution is 2.18. The van der Waals surface area contributed by atoms with Crippen LogP contribution in [0.25, 0.3) is 10.8 Å². The molecule has 0 amide bonds. The first kappa shape index (κ1) is 9.55. The second kappa shape index (κ2) is 4.06. The largest absolute Gasteiger partial charge is 0.280 e. The van der Waals surface area contributed by atoms with Crippen molar-refractivity contribution in [2.75, 3.05) is 6.54 Å². The number of nitrogens with one attached hydrogen (secondary N) is 1. The SMILES string of the molecule is C1=[NH+][C@H](Cc2cccc3ccccc23)[NH2+]C1. The molecule has 0 saturated heterocycles. The summed E-state index contributed by atoms with van der Waals surface area (Å²) in [5.41, 5.74) is 1.43. The van der Waals surface area contributed by atoms with Crippen molar-refractivity contribution in [2.24, 2.45) is 0 Å². The Morgan fingerprint density at radius 1 is 1.12 bits per heavy atom. The van der Waals surface area contributed by atoms with Crippen LogP contribution in [0.1, 0.15) is 5.56 Å². The molecule has 1 heterocycles. The fourth-order valence-corrected chi connectivity index (χ4v) is 2.37. The minimum absolute atomic E-state index is 0.505. The average Bonchev–Trinajstić information content (AvgIpc) is 2.82. The van der Waals surface area contributed by atoms with Gasteiger partial charge >= 0.3 is 0 Å². The molecule has 2 aromatic rings. The van der Waals surface area contributed by atoms with Crippen molar-refractivity contribution in [1.29, 1.82) is 0 Å². The Morgan fingerprint density at radius 3 is 2.88 bits per heavy atom. The van der Waals surface area contributed by atoms with Crippen molar-refractivity contribution in [3.8, 4) is 0 Å². The summed E-state index contributed by atoms with van der Waals surface area (Å²) in [6.45, 7) is 1.08. The molecule has 1 aliphatic rings. The van der Waals surface area contributed by atoms with Crippen molar-refractivity contribution >= 4 is 17.0 Å². The average molecular weight is 212 g/mol. The molecule has 1 aliphatic heterocycles. The minimum atomic E-state index is 0.505. The highest BCUT2D eigenvalue weighted by atomic mass is 15.1. The molecule has 0 saturated carbocycles. The highest BCUT2D eigenvalue weighted by Gasteiger charge is 2.20. The van der Waals surface area contributed by atoms with Gasteiger partial charge in [0.25, 0.3) is 6.17 Å². The monoisotopic (exact) mass is 212 g/mol. The van der Waals surface area contributed by atoms with E-state index in [4.69, 9.17) is 0 Å². The maximum Gasteiger partial charge on any atom is 0.279 e. The summed E-state index contributed by atoms with van der Waals surface area (Å²) in [6, 6.07) is 15.2. The van der Waals surface area contributed by atoms with Gasteiger partial charge in [-0.15, -0.1) is 0 Å². The fourth-order valence-electron chi connectivity index (χ4n) is 2.37. The molecule has 0 bridgehead atoms. The number of benzene rings is 2. The van der Waals surface area contributed by atoms with Gasteiger partial charge in [0.2, 0.25) is 0 Å². The second-order valence-electron chi connectivity index (χ2n) is 4.29. The fraction of sp³-hybridized carbons (Fsp3) is 0.214. The van der Waals surface area contributed by atoms with Crippen LogP contribution >= 0.6 is 0 Å². The Bertz CT molecular complexity index is 526. The van der Waals surface area contributed by atoms with Crippen LogP contribution in [-0.4, -0.2) is 18.9 Å². The third-order valence-electron chi connectivity index (χ3n) is 3.19. The molecule has 3 rings (SSSR count). The van der Waals surface area contributed by atoms with E-state index < -0.39 is 0 Å². The molecule has 2 heteroatoms. The Balaban J connectivity index is 1.99. The molecule has 0 fully saturated rings. The van der Waals surface area contributed by atoms with Gasteiger partial charge in [-0.2, -0.15) is 4.99 Å². The lowest BCUT2D eigenvalue weighted by Gasteiger charge is -2.06. The zero-order valence-corrected chi connectivity index (χ0v) is 9.19. The van der Waals surface area contributed by atoms with Gasteiger partial charge in [-0.25, -0.2) is 0 Å². The molecule has 0 radical (unpaired) electrons. The first-order chi connectivity index (χ1) is 7.93. The zero-order chi connectivity index (χ0) is 10.8. The normalized spacial score (nSPS) is 19.4. The Hall–Kier alpha value is -1.67. The standard InChI is InChI=1S/C14H14N2/c1-2-7-13-11(4-1)5-3-6-12(13)10-14-15-8-9-16-14/h1-8,14,16H,9-10H2/p+2/t14-/m0/s1. The van der Waals surface area contributed by atoms with Crippen molar-refractivity contribution in [2.45, 2.75) is 12.6 Å². The van der Waals surface area contributed by atoms with E-state index in [1.54, 1.807) is 0 Å². The van der Waals surface area contributed by atoms with Crippen LogP contribution < -0.4 is 10.3 Å². The summed E-state index contributed by atoms with van der Waals surface area (Å²) in [4.78, 5) is 3.39. The molecule has 0 spiro atoms. The summed E-state index contributed by atoms with van der Waals surface area (Å²) in [6.07, 6.45) is 3.72. The smallest absolute Gasteiger partial charge is 0.279 e. The maximum atomic E-state index is 3.39. The number of hydrogen-bond acceptors (Lipinski definition) is 0. The Labute approximate surface area is 95.0 Å². The van der Waals surface area contributed by atoms with E-state index in [1.807, 2.05) is 0 Å². The Morgan fingerprint density at radius 2 is 2.00 bits per heavy atom. The molecule has 16 heavy (non-hydrogen) atoms. The van der Waals surface area contributed by atoms with Crippen molar-refractivity contribution in [1.82, 2.24) is 0 Å². The lowest BCUT2D eigenvalue weighted by Crippen LogP contribution is -3.00. The number of nitrogens with two attached hydrogens (primary N) is 1. The molecule has 0 unspecified atom stereocenters. The van der Waals surface area contributed by atoms with Gasteiger partial charge in [-0.05, 0) is 16.3 Å². The van der Waals surface area contributed by atoms with E-state index in [0.717, 1.165) is 13.0 Å². The topological polar surface area (TPSA) is 30.6 Å². The van der Waals surface area contributed by atoms with Gasteiger partial charge in [0.15, 0.2) is 12.8 Å². The van der Waals surface area contributed by atoms with Crippen LogP contribution in [0.3, 0.4) is 0 Å². The van der Waals surface area contributed by atoms with E-state index in [1.165, 1.54) is 16.3 Å². The summed E-state index contributed by atoms with van der Waals surface area (Å²) in [5, 5.41) is 5.05. The molecule has 2 nitrogen and oxygen atoms in total. The van der Waals surface area contributed by atoms with Crippen LogP contribution in [0.4, 0.5) is 0 Å². The molecule has 2 aromatic carbocycles. The number of quaternary nitrogens is 1. The molecule has 0 aromatic heterocycles. The lowest BCUT2D eigenvalue weighted by atomic mass is 10.0. The van der Waals surface area contributed by atoms with Crippen LogP contribution in [0.15, 0.2) is 42.5 Å². The number of rotatable bonds is 2. The molecule has 0 aliphatic carbocycles. The third-order valence-corrected chi connectivity index (χ3v) is 3.19. The predicted molar refractivity (Wildman–Crippen MR) is 65.3 cm³/mol. The maximum absolute atomic E-state index is 3.39. The first-order valence-electron chi connectivity index (χ1n) is 5.81. The van der Waals surface area contributed by atoms with E-state index in [0.29, 0.717) is 6.17 Å². The van der Waals surface area contributed by atoms with Crippen molar-refractivity contribution in [3.63, 3.8) is 0 Å². The third kappa shape index (κ3) is 1.72. The van der Waals surface area contributed by atoms with Gasteiger partial charge in [0, 0.05) is 0 Å². The molecule has 80 valence electrons. The summed E-state index contributed by atoms with van der Waals surface area (Å²) in [5.74, 6) is 0. The Kier molecular flexibility index (Phi) is 2.43. The predicted octanol–water partition coefficient (Wildman–Crippen LogP) is -0.563. The number of hydrogen-bond donors (Lipinski definition) is 2. The molecule has 3 N–H and O–H groups in total. The first-order valence-corrected chi connectivity index (χ1v) is 5.81. The summed E-state index contributed by atoms with van der Waals surface area (Å²) < 4.78 is 0. The number of fused-ring (bicyclic) bond motifs is 1. The van der Waals surface area contributed by atoms with Crippen LogP contribution in [0, 0.1) is 0 Å². The van der Waals surface area contributed by atoms with Crippen LogP contribution in [0.5, 0.6) is 0 Å². The molecular weight excluding hydrogens is 196 g/mol. The van der Waals surface area contributed by atoms with Gasteiger partial charge in [0.1, 0.15) is 0 Å². The quantitative estimate of drug-likeness (QED) is 0.668. The molecular formula is C14H16N2+2. The molecule has 1 atom stereocenters. The second-order valence-corrected chi connectivity index (χ2v) is 4.29. The van der Waals surface area contributed by atoms with Crippen LogP contribution in [-0.2, 0) is 6.42 Å². The highest BCUT2D eigenvalue weighted by molar-refractivity contribution is 5.85. The zero-order valence-electron chi connectivity index (χ0n) is 9.19. The van der Waals surface area contributed by atoms with Crippen LogP contribution in [0.2, 0.25) is 0 Å². The lowest BCUT2D eigenvalue weighted by molar-refractivity contribution is -0.799. The van der Waals surface area contributed by atoms with Gasteiger partial charge in [-0.1, -0.05) is 42.5 Å². The van der Waals surface area contributed by atoms with E-state index in [2.05, 4.69) is 59.0 Å². The van der Waals surface area contributed by atoms with Gasteiger partial charge in [-0.3, -0.25) is 5.32 Å². The van der Waals surface area contributed by atoms with Gasteiger partial charge < -0.3 is 0 Å². The van der Waals surface area contributed by atoms with Crippen molar-refractivity contribution in [3.05, 3.63) is 48.0 Å². The van der Waals surface area contributed by atoms with E-state index in [-0.39, 0.29) is 0 Å². The van der Waals surface area contributed by atoms with E-state index in [9.17, 15) is 0 Å². The summed E-state index contributed by atoms with van der Waals surface area (Å²) >= 11 is 0. The van der Waals surface area contributed by atoms with E-state index >= 15 is 0 Å².